The Kier molecular flexibility index (Phi) is 4.27. The molecule has 3 rings (SSSR count). The van der Waals surface area contributed by atoms with Gasteiger partial charge in [-0.15, -0.1) is 0 Å². The summed E-state index contributed by atoms with van der Waals surface area (Å²) in [6.45, 7) is 0.0254. The van der Waals surface area contributed by atoms with Crippen molar-refractivity contribution in [3.63, 3.8) is 0 Å². The lowest BCUT2D eigenvalue weighted by molar-refractivity contribution is 0.243. The van der Waals surface area contributed by atoms with Gasteiger partial charge in [0, 0.05) is 5.56 Å². The van der Waals surface area contributed by atoms with Crippen LogP contribution in [0.4, 0.5) is 4.39 Å². The summed E-state index contributed by atoms with van der Waals surface area (Å²) in [4.78, 5) is 4.17. The third-order valence-corrected chi connectivity index (χ3v) is 3.42. The van der Waals surface area contributed by atoms with Gasteiger partial charge in [0.05, 0.1) is 10.0 Å². The Morgan fingerprint density at radius 1 is 1.05 bits per heavy atom. The number of halogens is 3. The van der Waals surface area contributed by atoms with Crippen LogP contribution in [0.15, 0.2) is 47.0 Å². The van der Waals surface area contributed by atoms with Crippen LogP contribution in [-0.4, -0.2) is 10.1 Å². The second-order valence-electron chi connectivity index (χ2n) is 4.36. The highest BCUT2D eigenvalue weighted by Gasteiger charge is 2.12. The molecule has 0 aliphatic heterocycles. The molecule has 0 radical (unpaired) electrons. The molecule has 1 heterocycles. The third kappa shape index (κ3) is 3.21. The number of nitrogens with zero attached hydrogens (tertiary/aromatic N) is 2. The zero-order valence-corrected chi connectivity index (χ0v) is 12.6. The molecule has 0 atom stereocenters. The number of hydrogen-bond acceptors (Lipinski definition) is 4. The van der Waals surface area contributed by atoms with Gasteiger partial charge in [-0.25, -0.2) is 4.39 Å². The summed E-state index contributed by atoms with van der Waals surface area (Å²) < 4.78 is 23.5. The Hall–Kier alpha value is -2.11. The molecule has 0 spiro atoms. The van der Waals surface area contributed by atoms with E-state index >= 15 is 0 Å². The number of rotatable bonds is 4. The molecule has 0 saturated heterocycles. The predicted molar refractivity (Wildman–Crippen MR) is 80.5 cm³/mol. The highest BCUT2D eigenvalue weighted by atomic mass is 35.5. The average molecular weight is 339 g/mol. The lowest BCUT2D eigenvalue weighted by Gasteiger charge is -2.06. The molecule has 4 nitrogen and oxygen atoms in total. The molecule has 0 saturated carbocycles. The fourth-order valence-corrected chi connectivity index (χ4v) is 2.29. The first-order valence-corrected chi connectivity index (χ1v) is 7.04. The van der Waals surface area contributed by atoms with E-state index in [2.05, 4.69) is 10.1 Å². The SMILES string of the molecule is Fc1ccc(-c2noc(COc3c(Cl)cccc3Cl)n2)cc1. The minimum absolute atomic E-state index is 0.0254. The lowest BCUT2D eigenvalue weighted by Crippen LogP contribution is -1.97. The van der Waals surface area contributed by atoms with Crippen LogP contribution in [0.25, 0.3) is 11.4 Å². The van der Waals surface area contributed by atoms with E-state index in [9.17, 15) is 4.39 Å². The van der Waals surface area contributed by atoms with Gasteiger partial charge in [-0.05, 0) is 36.4 Å². The van der Waals surface area contributed by atoms with Crippen molar-refractivity contribution >= 4 is 23.2 Å². The summed E-state index contributed by atoms with van der Waals surface area (Å²) in [5.74, 6) is 0.635. The topological polar surface area (TPSA) is 48.2 Å². The molecule has 3 aromatic rings. The van der Waals surface area contributed by atoms with Gasteiger partial charge in [-0.1, -0.05) is 34.4 Å². The van der Waals surface area contributed by atoms with E-state index in [4.69, 9.17) is 32.5 Å². The van der Waals surface area contributed by atoms with E-state index in [-0.39, 0.29) is 18.3 Å². The van der Waals surface area contributed by atoms with Crippen LogP contribution in [0, 0.1) is 5.82 Å². The van der Waals surface area contributed by atoms with E-state index in [1.165, 1.54) is 12.1 Å². The largest absolute Gasteiger partial charge is 0.481 e. The maximum absolute atomic E-state index is 12.9. The van der Waals surface area contributed by atoms with Gasteiger partial charge in [0.15, 0.2) is 12.4 Å². The van der Waals surface area contributed by atoms with E-state index < -0.39 is 0 Å². The second-order valence-corrected chi connectivity index (χ2v) is 5.17. The predicted octanol–water partition coefficient (Wildman–Crippen LogP) is 4.76. The van der Waals surface area contributed by atoms with E-state index in [1.54, 1.807) is 30.3 Å². The van der Waals surface area contributed by atoms with Crippen molar-refractivity contribution < 1.29 is 13.7 Å². The highest BCUT2D eigenvalue weighted by molar-refractivity contribution is 6.37. The van der Waals surface area contributed by atoms with Gasteiger partial charge in [-0.3, -0.25) is 0 Å². The Balaban J connectivity index is 1.73. The summed E-state index contributed by atoms with van der Waals surface area (Å²) in [7, 11) is 0. The molecule has 0 bridgehead atoms. The zero-order chi connectivity index (χ0) is 15.5. The quantitative estimate of drug-likeness (QED) is 0.687. The molecule has 0 amide bonds. The molecule has 0 aliphatic carbocycles. The first-order valence-electron chi connectivity index (χ1n) is 6.29. The summed E-state index contributed by atoms with van der Waals surface area (Å²) in [5.41, 5.74) is 0.646. The van der Waals surface area contributed by atoms with E-state index in [0.717, 1.165) is 0 Å². The van der Waals surface area contributed by atoms with Crippen LogP contribution >= 0.6 is 23.2 Å². The maximum Gasteiger partial charge on any atom is 0.264 e. The molecular weight excluding hydrogens is 330 g/mol. The number of hydrogen-bond donors (Lipinski definition) is 0. The van der Waals surface area contributed by atoms with Gasteiger partial charge in [0.1, 0.15) is 5.82 Å². The van der Waals surface area contributed by atoms with Gasteiger partial charge >= 0.3 is 0 Å². The maximum atomic E-state index is 12.9. The van der Waals surface area contributed by atoms with Crippen molar-refractivity contribution in [3.05, 3.63) is 64.2 Å². The number of aromatic nitrogens is 2. The van der Waals surface area contributed by atoms with Gasteiger partial charge in [-0.2, -0.15) is 4.98 Å². The Morgan fingerprint density at radius 3 is 2.41 bits per heavy atom. The Bertz CT molecular complexity index is 770. The van der Waals surface area contributed by atoms with Gasteiger partial charge < -0.3 is 9.26 Å². The summed E-state index contributed by atoms with van der Waals surface area (Å²) >= 11 is 12.0. The van der Waals surface area contributed by atoms with Crippen molar-refractivity contribution in [2.75, 3.05) is 0 Å². The van der Waals surface area contributed by atoms with E-state index in [0.29, 0.717) is 27.2 Å². The molecule has 7 heteroatoms. The fraction of sp³-hybridized carbons (Fsp3) is 0.0667. The van der Waals surface area contributed by atoms with Gasteiger partial charge in [0.2, 0.25) is 5.82 Å². The van der Waals surface area contributed by atoms with Crippen LogP contribution in [0.3, 0.4) is 0 Å². The fourth-order valence-electron chi connectivity index (χ4n) is 1.78. The minimum atomic E-state index is -0.329. The molecule has 1 aromatic heterocycles. The molecule has 0 fully saturated rings. The molecule has 0 N–H and O–H groups in total. The van der Waals surface area contributed by atoms with Crippen LogP contribution in [0.1, 0.15) is 5.89 Å². The smallest absolute Gasteiger partial charge is 0.264 e. The molecular formula is C15H9Cl2FN2O2. The monoisotopic (exact) mass is 338 g/mol. The summed E-state index contributed by atoms with van der Waals surface area (Å²) in [5, 5.41) is 4.61. The number of ether oxygens (including phenoxy) is 1. The normalized spacial score (nSPS) is 10.7. The first kappa shape index (κ1) is 14.8. The first-order chi connectivity index (χ1) is 10.6. The molecule has 0 aliphatic rings. The number of benzene rings is 2. The van der Waals surface area contributed by atoms with Crippen LogP contribution in [0.5, 0.6) is 5.75 Å². The summed E-state index contributed by atoms with van der Waals surface area (Å²) in [6, 6.07) is 10.8. The van der Waals surface area contributed by atoms with Gasteiger partial charge in [0.25, 0.3) is 5.89 Å². The van der Waals surface area contributed by atoms with Crippen LogP contribution in [0.2, 0.25) is 10.0 Å². The van der Waals surface area contributed by atoms with Crippen molar-refractivity contribution in [3.8, 4) is 17.1 Å². The Labute approximate surface area is 135 Å². The third-order valence-electron chi connectivity index (χ3n) is 2.83. The molecule has 112 valence electrons. The molecule has 22 heavy (non-hydrogen) atoms. The summed E-state index contributed by atoms with van der Waals surface area (Å²) in [6.07, 6.45) is 0. The van der Waals surface area contributed by atoms with Crippen molar-refractivity contribution in [1.82, 2.24) is 10.1 Å². The minimum Gasteiger partial charge on any atom is -0.481 e. The zero-order valence-electron chi connectivity index (χ0n) is 11.1. The Morgan fingerprint density at radius 2 is 1.73 bits per heavy atom. The highest BCUT2D eigenvalue weighted by Crippen LogP contribution is 2.32. The van der Waals surface area contributed by atoms with Crippen LogP contribution in [-0.2, 0) is 6.61 Å². The molecule has 0 unspecified atom stereocenters. The van der Waals surface area contributed by atoms with Crippen molar-refractivity contribution in [2.24, 2.45) is 0 Å². The van der Waals surface area contributed by atoms with Crippen LogP contribution < -0.4 is 4.74 Å². The molecule has 2 aromatic carbocycles. The number of para-hydroxylation sites is 1. The average Bonchev–Trinajstić information content (AvgIpc) is 2.96. The standard InChI is InChI=1S/C15H9Cl2FN2O2/c16-11-2-1-3-12(17)14(11)21-8-13-19-15(20-22-13)9-4-6-10(18)7-5-9/h1-7H,8H2. The van der Waals surface area contributed by atoms with E-state index in [1.807, 2.05) is 0 Å². The lowest BCUT2D eigenvalue weighted by atomic mass is 10.2. The van der Waals surface area contributed by atoms with Crippen molar-refractivity contribution in [2.45, 2.75) is 6.61 Å². The second kappa shape index (κ2) is 6.34. The van der Waals surface area contributed by atoms with Crippen molar-refractivity contribution in [1.29, 1.82) is 0 Å².